The Morgan fingerprint density at radius 3 is 2.50 bits per heavy atom. The van der Waals surface area contributed by atoms with Crippen LogP contribution in [0.15, 0.2) is 0 Å². The molecule has 14 heavy (non-hydrogen) atoms. The molecule has 0 spiro atoms. The lowest BCUT2D eigenvalue weighted by molar-refractivity contribution is -0.141. The third kappa shape index (κ3) is 4.81. The molecule has 0 bridgehead atoms. The maximum atomic E-state index is 11.3. The number of hydrogen-bond acceptors (Lipinski definition) is 3. The van der Waals surface area contributed by atoms with Gasteiger partial charge in [0, 0.05) is 0 Å². The van der Waals surface area contributed by atoms with Crippen molar-refractivity contribution in [1.29, 1.82) is 0 Å². The van der Waals surface area contributed by atoms with Gasteiger partial charge in [0.1, 0.15) is 6.04 Å². The van der Waals surface area contributed by atoms with E-state index in [0.29, 0.717) is 6.42 Å². The van der Waals surface area contributed by atoms with Crippen molar-refractivity contribution in [2.45, 2.75) is 45.2 Å². The predicted molar refractivity (Wildman–Crippen MR) is 52.7 cm³/mol. The van der Waals surface area contributed by atoms with Gasteiger partial charge in [-0.25, -0.2) is 0 Å². The average Bonchev–Trinajstić information content (AvgIpc) is 2.13. The number of unbranched alkanes of at least 4 members (excludes halogenated alkanes) is 1. The van der Waals surface area contributed by atoms with Gasteiger partial charge in [0.25, 0.3) is 0 Å². The Bertz CT molecular complexity index is 206. The molecule has 0 aliphatic heterocycles. The van der Waals surface area contributed by atoms with E-state index in [1.807, 2.05) is 6.92 Å². The summed E-state index contributed by atoms with van der Waals surface area (Å²) < 4.78 is 0. The van der Waals surface area contributed by atoms with Crippen molar-refractivity contribution in [3.63, 3.8) is 0 Å². The molecular formula is C9H18N2O3. The van der Waals surface area contributed by atoms with E-state index in [1.165, 1.54) is 6.92 Å². The van der Waals surface area contributed by atoms with Crippen LogP contribution in [0.25, 0.3) is 0 Å². The Hall–Kier alpha value is -1.10. The van der Waals surface area contributed by atoms with Gasteiger partial charge in [0.2, 0.25) is 5.91 Å². The van der Waals surface area contributed by atoms with E-state index < -0.39 is 24.0 Å². The quantitative estimate of drug-likeness (QED) is 0.569. The first-order valence-electron chi connectivity index (χ1n) is 4.77. The van der Waals surface area contributed by atoms with E-state index in [0.717, 1.165) is 12.8 Å². The van der Waals surface area contributed by atoms with Gasteiger partial charge in [-0.1, -0.05) is 19.8 Å². The Labute approximate surface area is 83.7 Å². The predicted octanol–water partition coefficient (Wildman–Crippen LogP) is 0.0932. The monoisotopic (exact) mass is 202 g/mol. The fourth-order valence-corrected chi connectivity index (χ4v) is 0.937. The number of nitrogens with two attached hydrogens (primary N) is 1. The zero-order chi connectivity index (χ0) is 11.1. The summed E-state index contributed by atoms with van der Waals surface area (Å²) in [6.07, 6.45) is 2.43. The first-order valence-corrected chi connectivity index (χ1v) is 4.77. The van der Waals surface area contributed by atoms with Crippen LogP contribution < -0.4 is 11.1 Å². The van der Waals surface area contributed by atoms with Crippen LogP contribution in [-0.4, -0.2) is 29.1 Å². The summed E-state index contributed by atoms with van der Waals surface area (Å²) >= 11 is 0. The molecule has 0 heterocycles. The molecule has 0 aromatic heterocycles. The molecule has 0 radical (unpaired) electrons. The largest absolute Gasteiger partial charge is 0.480 e. The lowest BCUT2D eigenvalue weighted by Crippen LogP contribution is -2.47. The van der Waals surface area contributed by atoms with Crippen LogP contribution in [0.5, 0.6) is 0 Å². The normalized spacial score (nSPS) is 14.5. The number of carbonyl (C=O) groups is 2. The summed E-state index contributed by atoms with van der Waals surface area (Å²) in [4.78, 5) is 21.7. The molecule has 0 aliphatic rings. The SMILES string of the molecule is CCCC[C@H](N)C(=O)N[C@@H](C)C(=O)O. The van der Waals surface area contributed by atoms with E-state index in [4.69, 9.17) is 10.8 Å². The topological polar surface area (TPSA) is 92.4 Å². The molecule has 0 saturated heterocycles. The van der Waals surface area contributed by atoms with Gasteiger partial charge in [-0.15, -0.1) is 0 Å². The van der Waals surface area contributed by atoms with Crippen LogP contribution in [0.1, 0.15) is 33.1 Å². The highest BCUT2D eigenvalue weighted by molar-refractivity contribution is 5.86. The highest BCUT2D eigenvalue weighted by atomic mass is 16.4. The van der Waals surface area contributed by atoms with E-state index in [-0.39, 0.29) is 0 Å². The fraction of sp³-hybridized carbons (Fsp3) is 0.778. The molecule has 0 aliphatic carbocycles. The van der Waals surface area contributed by atoms with Crippen LogP contribution in [0.2, 0.25) is 0 Å². The number of nitrogens with one attached hydrogen (secondary N) is 1. The second-order valence-corrected chi connectivity index (χ2v) is 3.32. The van der Waals surface area contributed by atoms with E-state index in [1.54, 1.807) is 0 Å². The molecule has 0 aromatic carbocycles. The number of hydrogen-bond donors (Lipinski definition) is 3. The second-order valence-electron chi connectivity index (χ2n) is 3.32. The Morgan fingerprint density at radius 2 is 2.07 bits per heavy atom. The van der Waals surface area contributed by atoms with E-state index in [2.05, 4.69) is 5.32 Å². The molecule has 0 fully saturated rings. The van der Waals surface area contributed by atoms with Gasteiger partial charge in [0.15, 0.2) is 0 Å². The fourth-order valence-electron chi connectivity index (χ4n) is 0.937. The zero-order valence-electron chi connectivity index (χ0n) is 8.62. The Morgan fingerprint density at radius 1 is 1.50 bits per heavy atom. The molecule has 2 atom stereocenters. The summed E-state index contributed by atoms with van der Waals surface area (Å²) in [5.74, 6) is -1.45. The third-order valence-corrected chi connectivity index (χ3v) is 1.93. The summed E-state index contributed by atoms with van der Waals surface area (Å²) in [5.41, 5.74) is 5.55. The van der Waals surface area contributed by atoms with Gasteiger partial charge < -0.3 is 16.2 Å². The molecule has 0 unspecified atom stereocenters. The van der Waals surface area contributed by atoms with Crippen molar-refractivity contribution in [2.75, 3.05) is 0 Å². The smallest absolute Gasteiger partial charge is 0.325 e. The van der Waals surface area contributed by atoms with Gasteiger partial charge in [-0.2, -0.15) is 0 Å². The number of rotatable bonds is 6. The summed E-state index contributed by atoms with van der Waals surface area (Å²) in [5, 5.41) is 10.9. The van der Waals surface area contributed by atoms with Crippen molar-refractivity contribution in [3.05, 3.63) is 0 Å². The van der Waals surface area contributed by atoms with E-state index in [9.17, 15) is 9.59 Å². The zero-order valence-corrected chi connectivity index (χ0v) is 8.62. The van der Waals surface area contributed by atoms with Gasteiger partial charge >= 0.3 is 5.97 Å². The number of carbonyl (C=O) groups excluding carboxylic acids is 1. The summed E-state index contributed by atoms with van der Waals surface area (Å²) in [7, 11) is 0. The first kappa shape index (κ1) is 12.9. The number of aliphatic carboxylic acids is 1. The van der Waals surface area contributed by atoms with Crippen LogP contribution in [0.4, 0.5) is 0 Å². The molecule has 0 rings (SSSR count). The van der Waals surface area contributed by atoms with Crippen LogP contribution in [0.3, 0.4) is 0 Å². The van der Waals surface area contributed by atoms with Gasteiger partial charge in [-0.3, -0.25) is 9.59 Å². The lowest BCUT2D eigenvalue weighted by atomic mass is 10.1. The number of amides is 1. The molecule has 82 valence electrons. The molecule has 1 amide bonds. The third-order valence-electron chi connectivity index (χ3n) is 1.93. The molecule has 0 saturated carbocycles. The van der Waals surface area contributed by atoms with Crippen LogP contribution >= 0.6 is 0 Å². The van der Waals surface area contributed by atoms with E-state index >= 15 is 0 Å². The maximum absolute atomic E-state index is 11.3. The number of carboxylic acid groups (broad SMARTS) is 1. The molecular weight excluding hydrogens is 184 g/mol. The maximum Gasteiger partial charge on any atom is 0.325 e. The summed E-state index contributed by atoms with van der Waals surface area (Å²) in [6, 6.07) is -1.48. The minimum atomic E-state index is -1.05. The Kier molecular flexibility index (Phi) is 5.87. The van der Waals surface area contributed by atoms with Crippen molar-refractivity contribution in [1.82, 2.24) is 5.32 Å². The lowest BCUT2D eigenvalue weighted by Gasteiger charge is -2.14. The number of carboxylic acids is 1. The second kappa shape index (κ2) is 6.37. The van der Waals surface area contributed by atoms with Crippen LogP contribution in [0, 0.1) is 0 Å². The molecule has 0 aromatic rings. The standard InChI is InChI=1S/C9H18N2O3/c1-3-4-5-7(10)8(12)11-6(2)9(13)14/h6-7H,3-5,10H2,1-2H3,(H,11,12)(H,13,14)/t6-,7-/m0/s1. The first-order chi connectivity index (χ1) is 6.49. The van der Waals surface area contributed by atoms with Crippen LogP contribution in [-0.2, 0) is 9.59 Å². The van der Waals surface area contributed by atoms with Crippen molar-refractivity contribution < 1.29 is 14.7 Å². The summed E-state index contributed by atoms with van der Waals surface area (Å²) in [6.45, 7) is 3.41. The van der Waals surface area contributed by atoms with Crippen molar-refractivity contribution >= 4 is 11.9 Å². The molecule has 5 heteroatoms. The molecule has 5 nitrogen and oxygen atoms in total. The van der Waals surface area contributed by atoms with Crippen molar-refractivity contribution in [3.8, 4) is 0 Å². The minimum Gasteiger partial charge on any atom is -0.480 e. The highest BCUT2D eigenvalue weighted by Gasteiger charge is 2.18. The van der Waals surface area contributed by atoms with Crippen molar-refractivity contribution in [2.24, 2.45) is 5.73 Å². The van der Waals surface area contributed by atoms with Gasteiger partial charge in [0.05, 0.1) is 6.04 Å². The average molecular weight is 202 g/mol. The molecule has 4 N–H and O–H groups in total. The van der Waals surface area contributed by atoms with Gasteiger partial charge in [-0.05, 0) is 13.3 Å². The Balaban J connectivity index is 3.88. The highest BCUT2D eigenvalue weighted by Crippen LogP contribution is 1.98. The minimum absolute atomic E-state index is 0.395.